The minimum Gasteiger partial charge on any atom is -0.481 e. The smallest absolute Gasteiger partial charge is 0.389 e. The summed E-state index contributed by atoms with van der Waals surface area (Å²) in [6, 6.07) is 0. The summed E-state index contributed by atoms with van der Waals surface area (Å²) < 4.78 is 78.9. The van der Waals surface area contributed by atoms with Crippen LogP contribution in [0.5, 0.6) is 0 Å². The summed E-state index contributed by atoms with van der Waals surface area (Å²) in [6.45, 7) is 4.38. The SMILES string of the molecule is CC(C)(C)OC(=O)[C@H](CCCC(F)(F)F)C(CCC(F)(F)F)C(=O)O. The molecule has 0 aromatic carbocycles. The van der Waals surface area contributed by atoms with Gasteiger partial charge in [0, 0.05) is 12.8 Å². The van der Waals surface area contributed by atoms with Crippen LogP contribution in [0.1, 0.15) is 52.9 Å². The molecule has 0 aliphatic heterocycles. The van der Waals surface area contributed by atoms with Gasteiger partial charge in [-0.3, -0.25) is 9.59 Å². The van der Waals surface area contributed by atoms with E-state index >= 15 is 0 Å². The van der Waals surface area contributed by atoms with Crippen LogP contribution in [0.25, 0.3) is 0 Å². The fraction of sp³-hybridized carbons (Fsp3) is 0.867. The molecule has 1 unspecified atom stereocenters. The molecule has 0 amide bonds. The highest BCUT2D eigenvalue weighted by atomic mass is 19.4. The molecule has 0 rings (SSSR count). The number of carboxylic acid groups (broad SMARTS) is 1. The molecule has 0 spiro atoms. The van der Waals surface area contributed by atoms with Crippen LogP contribution in [0.15, 0.2) is 0 Å². The van der Waals surface area contributed by atoms with Gasteiger partial charge in [0.15, 0.2) is 0 Å². The Morgan fingerprint density at radius 2 is 1.36 bits per heavy atom. The Morgan fingerprint density at radius 3 is 1.72 bits per heavy atom. The van der Waals surface area contributed by atoms with Crippen LogP contribution >= 0.6 is 0 Å². The zero-order valence-corrected chi connectivity index (χ0v) is 14.1. The summed E-state index contributed by atoms with van der Waals surface area (Å²) in [7, 11) is 0. The second-order valence-electron chi connectivity index (χ2n) is 6.75. The number of aliphatic carboxylic acids is 1. The predicted molar refractivity (Wildman–Crippen MR) is 75.7 cm³/mol. The van der Waals surface area contributed by atoms with Gasteiger partial charge in [-0.25, -0.2) is 0 Å². The topological polar surface area (TPSA) is 63.6 Å². The van der Waals surface area contributed by atoms with E-state index in [1.54, 1.807) is 0 Å². The van der Waals surface area contributed by atoms with E-state index in [9.17, 15) is 35.9 Å². The summed E-state index contributed by atoms with van der Waals surface area (Å²) in [5, 5.41) is 9.15. The lowest BCUT2D eigenvalue weighted by Crippen LogP contribution is -2.36. The van der Waals surface area contributed by atoms with E-state index in [1.807, 2.05) is 0 Å². The fourth-order valence-corrected chi connectivity index (χ4v) is 2.20. The Morgan fingerprint density at radius 1 is 0.880 bits per heavy atom. The molecule has 1 N–H and O–H groups in total. The Balaban J connectivity index is 5.26. The second kappa shape index (κ2) is 8.75. The van der Waals surface area contributed by atoms with E-state index in [1.165, 1.54) is 20.8 Å². The average Bonchev–Trinajstić information content (AvgIpc) is 2.31. The quantitative estimate of drug-likeness (QED) is 0.489. The first-order valence-corrected chi connectivity index (χ1v) is 7.61. The number of alkyl halides is 6. The summed E-state index contributed by atoms with van der Waals surface area (Å²) in [6.07, 6.45) is -13.9. The third-order valence-electron chi connectivity index (χ3n) is 3.23. The van der Waals surface area contributed by atoms with Crippen LogP contribution in [-0.4, -0.2) is 35.0 Å². The van der Waals surface area contributed by atoms with E-state index in [2.05, 4.69) is 0 Å². The highest BCUT2D eigenvalue weighted by Gasteiger charge is 2.40. The number of ether oxygens (including phenoxy) is 1. The zero-order chi connectivity index (χ0) is 20.1. The molecular formula is C15H22F6O4. The normalized spacial score (nSPS) is 15.6. The van der Waals surface area contributed by atoms with E-state index in [0.717, 1.165) is 0 Å². The number of hydrogen-bond acceptors (Lipinski definition) is 3. The third kappa shape index (κ3) is 11.7. The second-order valence-corrected chi connectivity index (χ2v) is 6.75. The van der Waals surface area contributed by atoms with Crippen molar-refractivity contribution in [1.29, 1.82) is 0 Å². The molecule has 148 valence electrons. The van der Waals surface area contributed by atoms with E-state index < -0.39 is 73.8 Å². The minimum absolute atomic E-state index is 0.525. The molecule has 0 aromatic heterocycles. The Labute approximate surface area is 141 Å². The molecule has 10 heteroatoms. The molecule has 0 aliphatic carbocycles. The van der Waals surface area contributed by atoms with Gasteiger partial charge in [0.25, 0.3) is 0 Å². The van der Waals surface area contributed by atoms with Gasteiger partial charge in [0.2, 0.25) is 0 Å². The van der Waals surface area contributed by atoms with Gasteiger partial charge in [-0.15, -0.1) is 0 Å². The van der Waals surface area contributed by atoms with Crippen molar-refractivity contribution < 1.29 is 45.8 Å². The maximum Gasteiger partial charge on any atom is 0.389 e. The maximum absolute atomic E-state index is 12.4. The lowest BCUT2D eigenvalue weighted by Gasteiger charge is -2.27. The van der Waals surface area contributed by atoms with Crippen LogP contribution in [0, 0.1) is 11.8 Å². The first-order chi connectivity index (χ1) is 11.0. The van der Waals surface area contributed by atoms with Crippen molar-refractivity contribution in [3.05, 3.63) is 0 Å². The Bertz CT molecular complexity index is 450. The zero-order valence-electron chi connectivity index (χ0n) is 14.1. The van der Waals surface area contributed by atoms with Crippen molar-refractivity contribution in [3.8, 4) is 0 Å². The van der Waals surface area contributed by atoms with Gasteiger partial charge in [-0.2, -0.15) is 26.3 Å². The first kappa shape index (κ1) is 23.5. The monoisotopic (exact) mass is 380 g/mol. The molecule has 0 radical (unpaired) electrons. The van der Waals surface area contributed by atoms with Gasteiger partial charge < -0.3 is 9.84 Å². The maximum atomic E-state index is 12.4. The Hall–Kier alpha value is -1.48. The van der Waals surface area contributed by atoms with Crippen molar-refractivity contribution in [2.45, 2.75) is 70.8 Å². The van der Waals surface area contributed by atoms with Crippen LogP contribution in [0.3, 0.4) is 0 Å². The summed E-state index contributed by atoms with van der Waals surface area (Å²) in [4.78, 5) is 23.4. The minimum atomic E-state index is -4.64. The molecule has 4 nitrogen and oxygen atoms in total. The van der Waals surface area contributed by atoms with Crippen molar-refractivity contribution in [3.63, 3.8) is 0 Å². The lowest BCUT2D eigenvalue weighted by molar-refractivity contribution is -0.171. The molecule has 0 saturated carbocycles. The van der Waals surface area contributed by atoms with Crippen molar-refractivity contribution in [2.24, 2.45) is 11.8 Å². The van der Waals surface area contributed by atoms with Crippen LogP contribution in [-0.2, 0) is 14.3 Å². The third-order valence-corrected chi connectivity index (χ3v) is 3.23. The van der Waals surface area contributed by atoms with Crippen molar-refractivity contribution in [1.82, 2.24) is 0 Å². The molecule has 25 heavy (non-hydrogen) atoms. The van der Waals surface area contributed by atoms with Gasteiger partial charge in [-0.1, -0.05) is 0 Å². The number of hydrogen-bond donors (Lipinski definition) is 1. The van der Waals surface area contributed by atoms with Crippen molar-refractivity contribution >= 4 is 11.9 Å². The summed E-state index contributed by atoms with van der Waals surface area (Å²) in [5.74, 6) is -6.14. The molecule has 0 aromatic rings. The first-order valence-electron chi connectivity index (χ1n) is 7.61. The number of carbonyl (C=O) groups is 2. The number of carboxylic acids is 1. The standard InChI is InChI=1S/C15H22F6O4/c1-13(2,3)25-12(24)10(5-4-7-14(16,17)18)9(11(22)23)6-8-15(19,20)21/h9-10H,4-8H2,1-3H3,(H,22,23)/t9?,10-/m1/s1. The van der Waals surface area contributed by atoms with Crippen LogP contribution in [0.4, 0.5) is 26.3 Å². The predicted octanol–water partition coefficient (Wildman–Crippen LogP) is 4.72. The Kier molecular flexibility index (Phi) is 8.23. The molecule has 0 aliphatic rings. The van der Waals surface area contributed by atoms with Crippen LogP contribution in [0.2, 0.25) is 0 Å². The molecule has 0 bridgehead atoms. The number of rotatable bonds is 8. The summed E-state index contributed by atoms with van der Waals surface area (Å²) >= 11 is 0. The van der Waals surface area contributed by atoms with E-state index in [4.69, 9.17) is 9.84 Å². The molecular weight excluding hydrogens is 358 g/mol. The van der Waals surface area contributed by atoms with Gasteiger partial charge in [-0.05, 0) is 40.0 Å². The number of carbonyl (C=O) groups excluding carboxylic acids is 1. The highest BCUT2D eigenvalue weighted by Crippen LogP contribution is 2.33. The molecule has 2 atom stereocenters. The largest absolute Gasteiger partial charge is 0.481 e. The highest BCUT2D eigenvalue weighted by molar-refractivity contribution is 5.81. The average molecular weight is 380 g/mol. The fourth-order valence-electron chi connectivity index (χ4n) is 2.20. The number of halogens is 6. The molecule has 0 saturated heterocycles. The van der Waals surface area contributed by atoms with Gasteiger partial charge in [0.1, 0.15) is 5.60 Å². The summed E-state index contributed by atoms with van der Waals surface area (Å²) in [5.41, 5.74) is -1.05. The van der Waals surface area contributed by atoms with Gasteiger partial charge in [0.05, 0.1) is 11.8 Å². The van der Waals surface area contributed by atoms with E-state index in [-0.39, 0.29) is 0 Å². The van der Waals surface area contributed by atoms with E-state index in [0.29, 0.717) is 0 Å². The van der Waals surface area contributed by atoms with Crippen LogP contribution < -0.4 is 0 Å². The molecule has 0 fully saturated rings. The van der Waals surface area contributed by atoms with Gasteiger partial charge >= 0.3 is 24.3 Å². The van der Waals surface area contributed by atoms with Crippen molar-refractivity contribution in [2.75, 3.05) is 0 Å². The lowest BCUT2D eigenvalue weighted by atomic mass is 9.84. The molecule has 0 heterocycles. The number of esters is 1.